The third-order valence-corrected chi connectivity index (χ3v) is 2.41. The zero-order chi connectivity index (χ0) is 12.1. The van der Waals surface area contributed by atoms with Crippen molar-refractivity contribution in [1.29, 1.82) is 0 Å². The van der Waals surface area contributed by atoms with Crippen molar-refractivity contribution in [3.05, 3.63) is 66.7 Å². The smallest absolute Gasteiger partial charge is 0.423 e. The van der Waals surface area contributed by atoms with Crippen LogP contribution in [0.2, 0.25) is 0 Å². The summed E-state index contributed by atoms with van der Waals surface area (Å²) in [5, 5.41) is 21.0. The van der Waals surface area contributed by atoms with E-state index in [4.69, 9.17) is 10.0 Å². The largest absolute Gasteiger partial charge is 0.488 e. The molecule has 0 aliphatic carbocycles. The molecule has 0 heterocycles. The van der Waals surface area contributed by atoms with Gasteiger partial charge < -0.3 is 15.4 Å². The van der Waals surface area contributed by atoms with Crippen LogP contribution in [-0.2, 0) is 0 Å². The highest BCUT2D eigenvalue weighted by molar-refractivity contribution is 6.58. The van der Waals surface area contributed by atoms with Gasteiger partial charge in [0.1, 0.15) is 0 Å². The molecular weight excluding hydrogens is 213 g/mol. The van der Waals surface area contributed by atoms with Crippen LogP contribution in [0.15, 0.2) is 54.6 Å². The van der Waals surface area contributed by atoms with Gasteiger partial charge in [-0.3, -0.25) is 0 Å². The maximum absolute atomic E-state index is 8.95. The number of anilines is 1. The van der Waals surface area contributed by atoms with Crippen LogP contribution in [0.1, 0.15) is 5.56 Å². The summed E-state index contributed by atoms with van der Waals surface area (Å²) in [4.78, 5) is 0. The second kappa shape index (κ2) is 5.52. The molecule has 0 unspecified atom stereocenters. The van der Waals surface area contributed by atoms with E-state index >= 15 is 0 Å². The molecular formula is C13H13BNO2. The second-order valence-electron chi connectivity index (χ2n) is 3.70. The summed E-state index contributed by atoms with van der Waals surface area (Å²) < 4.78 is 0. The first-order valence-corrected chi connectivity index (χ1v) is 5.36. The third-order valence-electron chi connectivity index (χ3n) is 2.41. The van der Waals surface area contributed by atoms with Crippen LogP contribution in [0.25, 0.3) is 0 Å². The van der Waals surface area contributed by atoms with Gasteiger partial charge in [-0.2, -0.15) is 0 Å². The fraction of sp³-hybridized carbons (Fsp3) is 0. The van der Waals surface area contributed by atoms with Crippen LogP contribution >= 0.6 is 0 Å². The number of rotatable bonds is 4. The topological polar surface area (TPSA) is 52.5 Å². The Morgan fingerprint density at radius 1 is 0.882 bits per heavy atom. The fourth-order valence-corrected chi connectivity index (χ4v) is 1.47. The van der Waals surface area contributed by atoms with E-state index in [2.05, 4.69) is 5.32 Å². The van der Waals surface area contributed by atoms with Crippen molar-refractivity contribution >= 4 is 18.3 Å². The van der Waals surface area contributed by atoms with E-state index in [1.165, 1.54) is 0 Å². The molecule has 0 atom stereocenters. The average Bonchev–Trinajstić information content (AvgIpc) is 2.38. The van der Waals surface area contributed by atoms with E-state index < -0.39 is 7.12 Å². The molecule has 17 heavy (non-hydrogen) atoms. The molecule has 3 N–H and O–H groups in total. The lowest BCUT2D eigenvalue weighted by molar-refractivity contribution is 0.426. The standard InChI is InChI=1S/C13H13BNO2/c16-14(17)12-6-8-13(9-7-12)15-10-11-4-2-1-3-5-11/h1-10,15-17H. The molecule has 0 aliphatic heterocycles. The first-order chi connectivity index (χ1) is 8.25. The van der Waals surface area contributed by atoms with Gasteiger partial charge >= 0.3 is 7.12 Å². The minimum absolute atomic E-state index is 0.482. The van der Waals surface area contributed by atoms with Gasteiger partial charge in [-0.05, 0) is 23.2 Å². The van der Waals surface area contributed by atoms with Crippen LogP contribution in [-0.4, -0.2) is 17.2 Å². The van der Waals surface area contributed by atoms with Gasteiger partial charge in [0.25, 0.3) is 0 Å². The number of hydrogen-bond donors (Lipinski definition) is 3. The Balaban J connectivity index is 1.96. The van der Waals surface area contributed by atoms with Crippen molar-refractivity contribution < 1.29 is 10.0 Å². The molecule has 4 heteroatoms. The van der Waals surface area contributed by atoms with Gasteiger partial charge in [-0.15, -0.1) is 0 Å². The zero-order valence-electron chi connectivity index (χ0n) is 9.25. The minimum Gasteiger partial charge on any atom is -0.423 e. The van der Waals surface area contributed by atoms with Gasteiger partial charge in [0, 0.05) is 5.69 Å². The molecule has 0 amide bonds. The molecule has 0 saturated carbocycles. The molecule has 0 aliphatic rings. The molecule has 2 aromatic carbocycles. The Morgan fingerprint density at radius 3 is 2.12 bits per heavy atom. The van der Waals surface area contributed by atoms with Crippen molar-refractivity contribution in [1.82, 2.24) is 0 Å². The molecule has 1 radical (unpaired) electrons. The van der Waals surface area contributed by atoms with Crippen molar-refractivity contribution in [3.8, 4) is 0 Å². The van der Waals surface area contributed by atoms with Gasteiger partial charge in [0.2, 0.25) is 0 Å². The number of nitrogens with one attached hydrogen (secondary N) is 1. The first kappa shape index (κ1) is 11.7. The molecule has 0 saturated heterocycles. The van der Waals surface area contributed by atoms with Gasteiger partial charge in [-0.1, -0.05) is 42.5 Å². The van der Waals surface area contributed by atoms with Crippen molar-refractivity contribution in [2.75, 3.05) is 5.32 Å². The van der Waals surface area contributed by atoms with Crippen LogP contribution in [0.3, 0.4) is 0 Å². The Bertz CT molecular complexity index is 457. The SMILES string of the molecule is OB(O)c1ccc(N[CH]c2ccccc2)cc1. The quantitative estimate of drug-likeness (QED) is 0.681. The van der Waals surface area contributed by atoms with Crippen LogP contribution in [0.4, 0.5) is 5.69 Å². The van der Waals surface area contributed by atoms with Crippen molar-refractivity contribution in [3.63, 3.8) is 0 Å². The van der Waals surface area contributed by atoms with Crippen molar-refractivity contribution in [2.24, 2.45) is 0 Å². The van der Waals surface area contributed by atoms with E-state index in [9.17, 15) is 0 Å². The summed E-state index contributed by atoms with van der Waals surface area (Å²) in [6.45, 7) is 1.89. The minimum atomic E-state index is -1.41. The predicted molar refractivity (Wildman–Crippen MR) is 69.7 cm³/mol. The van der Waals surface area contributed by atoms with E-state index in [1.54, 1.807) is 24.3 Å². The highest BCUT2D eigenvalue weighted by Gasteiger charge is 2.09. The lowest BCUT2D eigenvalue weighted by Gasteiger charge is -2.06. The summed E-state index contributed by atoms with van der Waals surface area (Å²) in [7, 11) is -1.41. The van der Waals surface area contributed by atoms with Gasteiger partial charge in [-0.25, -0.2) is 0 Å². The van der Waals surface area contributed by atoms with E-state index in [0.717, 1.165) is 11.3 Å². The number of hydrogen-bond acceptors (Lipinski definition) is 3. The molecule has 0 bridgehead atoms. The summed E-state index contributed by atoms with van der Waals surface area (Å²) in [6.07, 6.45) is 0. The lowest BCUT2D eigenvalue weighted by atomic mass is 9.80. The fourth-order valence-electron chi connectivity index (χ4n) is 1.47. The number of benzene rings is 2. The highest BCUT2D eigenvalue weighted by Crippen LogP contribution is 2.08. The Labute approximate surface area is 101 Å². The van der Waals surface area contributed by atoms with Crippen LogP contribution in [0.5, 0.6) is 0 Å². The third kappa shape index (κ3) is 3.34. The maximum atomic E-state index is 8.95. The Morgan fingerprint density at radius 2 is 1.53 bits per heavy atom. The Hall–Kier alpha value is -1.78. The molecule has 85 valence electrons. The van der Waals surface area contributed by atoms with Crippen LogP contribution in [0, 0.1) is 6.54 Å². The summed E-state index contributed by atoms with van der Waals surface area (Å²) in [6, 6.07) is 16.9. The predicted octanol–water partition coefficient (Wildman–Crippen LogP) is 0.988. The molecule has 0 aromatic heterocycles. The maximum Gasteiger partial charge on any atom is 0.488 e. The lowest BCUT2D eigenvalue weighted by Crippen LogP contribution is -2.29. The zero-order valence-corrected chi connectivity index (χ0v) is 9.25. The van der Waals surface area contributed by atoms with E-state index in [0.29, 0.717) is 5.46 Å². The molecule has 2 rings (SSSR count). The molecule has 3 nitrogen and oxygen atoms in total. The van der Waals surface area contributed by atoms with E-state index in [-0.39, 0.29) is 0 Å². The van der Waals surface area contributed by atoms with Crippen LogP contribution < -0.4 is 10.8 Å². The summed E-state index contributed by atoms with van der Waals surface area (Å²) in [5.41, 5.74) is 2.47. The normalized spacial score (nSPS) is 10.0. The Kier molecular flexibility index (Phi) is 3.80. The highest BCUT2D eigenvalue weighted by atomic mass is 16.4. The first-order valence-electron chi connectivity index (χ1n) is 5.36. The van der Waals surface area contributed by atoms with Gasteiger partial charge in [0.05, 0.1) is 6.54 Å². The van der Waals surface area contributed by atoms with Gasteiger partial charge in [0.15, 0.2) is 0 Å². The van der Waals surface area contributed by atoms with Crippen molar-refractivity contribution in [2.45, 2.75) is 0 Å². The summed E-state index contributed by atoms with van der Waals surface area (Å²) in [5.74, 6) is 0. The molecule has 2 aromatic rings. The summed E-state index contributed by atoms with van der Waals surface area (Å²) >= 11 is 0. The van der Waals surface area contributed by atoms with E-state index in [1.807, 2.05) is 36.9 Å². The second-order valence-corrected chi connectivity index (χ2v) is 3.70. The molecule has 0 spiro atoms. The molecule has 0 fully saturated rings. The average molecular weight is 226 g/mol. The monoisotopic (exact) mass is 226 g/mol.